The minimum Gasteiger partial charge on any atom is -0.366 e. The van der Waals surface area contributed by atoms with E-state index < -0.39 is 0 Å². The Morgan fingerprint density at radius 1 is 0.974 bits per heavy atom. The van der Waals surface area contributed by atoms with Crippen LogP contribution in [0.15, 0.2) is 79.4 Å². The zero-order chi connectivity index (χ0) is 25.2. The molecule has 8 heteroatoms. The molecule has 8 rings (SSSR count). The van der Waals surface area contributed by atoms with Crippen molar-refractivity contribution in [3.8, 4) is 33.6 Å². The number of aromatic amines is 1. The number of fused-ring (bicyclic) bond motifs is 4. The molecular formula is C30H26N8. The topological polar surface area (TPSA) is 87.0 Å². The minimum absolute atomic E-state index is 0.597. The highest BCUT2D eigenvalue weighted by Gasteiger charge is 2.37. The molecule has 38 heavy (non-hydrogen) atoms. The van der Waals surface area contributed by atoms with Crippen LogP contribution in [0.5, 0.6) is 0 Å². The normalized spacial score (nSPS) is 18.7. The molecule has 0 amide bonds. The van der Waals surface area contributed by atoms with Gasteiger partial charge in [-0.25, -0.2) is 9.50 Å². The van der Waals surface area contributed by atoms with Gasteiger partial charge in [-0.1, -0.05) is 18.2 Å². The average Bonchev–Trinajstić information content (AvgIpc) is 3.76. The Morgan fingerprint density at radius 2 is 1.89 bits per heavy atom. The number of rotatable bonds is 4. The van der Waals surface area contributed by atoms with E-state index in [0.717, 1.165) is 63.3 Å². The predicted molar refractivity (Wildman–Crippen MR) is 149 cm³/mol. The van der Waals surface area contributed by atoms with Gasteiger partial charge in [0, 0.05) is 66.0 Å². The van der Waals surface area contributed by atoms with Crippen molar-refractivity contribution in [3.63, 3.8) is 0 Å². The molecule has 2 saturated heterocycles. The molecule has 8 nitrogen and oxygen atoms in total. The van der Waals surface area contributed by atoms with Crippen LogP contribution in [0.3, 0.4) is 0 Å². The van der Waals surface area contributed by atoms with Gasteiger partial charge in [0.15, 0.2) is 5.65 Å². The molecule has 6 heterocycles. The van der Waals surface area contributed by atoms with Crippen molar-refractivity contribution in [1.29, 1.82) is 0 Å². The molecule has 2 bridgehead atoms. The maximum atomic E-state index is 5.18. The lowest BCUT2D eigenvalue weighted by molar-refractivity contribution is 0.580. The first-order valence-electron chi connectivity index (χ1n) is 13.1. The largest absolute Gasteiger partial charge is 0.366 e. The summed E-state index contributed by atoms with van der Waals surface area (Å²) >= 11 is 0. The number of piperazine rings is 1. The number of benzene rings is 2. The highest BCUT2D eigenvalue weighted by Crippen LogP contribution is 2.40. The average molecular weight is 499 g/mol. The maximum Gasteiger partial charge on any atom is 0.164 e. The molecular weight excluding hydrogens is 472 g/mol. The fourth-order valence-corrected chi connectivity index (χ4v) is 6.29. The lowest BCUT2D eigenvalue weighted by Gasteiger charge is -2.30. The van der Waals surface area contributed by atoms with E-state index in [0.29, 0.717) is 12.1 Å². The fourth-order valence-electron chi connectivity index (χ4n) is 6.29. The number of anilines is 1. The van der Waals surface area contributed by atoms with Crippen molar-refractivity contribution >= 4 is 22.2 Å². The first-order chi connectivity index (χ1) is 18.7. The number of pyridine rings is 1. The Hall–Kier alpha value is -4.56. The van der Waals surface area contributed by atoms with Crippen LogP contribution in [0.1, 0.15) is 12.0 Å². The molecule has 0 spiro atoms. The Bertz CT molecular complexity index is 1820. The van der Waals surface area contributed by atoms with Gasteiger partial charge in [-0.3, -0.25) is 10.1 Å². The highest BCUT2D eigenvalue weighted by atomic mass is 15.3. The molecule has 2 N–H and O–H groups in total. The number of hydrogen-bond acceptors (Lipinski definition) is 6. The van der Waals surface area contributed by atoms with Crippen molar-refractivity contribution in [3.05, 3.63) is 84.9 Å². The summed E-state index contributed by atoms with van der Waals surface area (Å²) in [4.78, 5) is 11.6. The van der Waals surface area contributed by atoms with Gasteiger partial charge >= 0.3 is 0 Å². The Labute approximate surface area is 219 Å². The van der Waals surface area contributed by atoms with Crippen molar-refractivity contribution in [2.45, 2.75) is 25.4 Å². The second-order valence-electron chi connectivity index (χ2n) is 10.3. The smallest absolute Gasteiger partial charge is 0.164 e. The molecule has 0 saturated carbocycles. The lowest BCUT2D eigenvalue weighted by Crippen LogP contribution is -2.43. The molecule has 186 valence electrons. The summed E-state index contributed by atoms with van der Waals surface area (Å²) in [6.07, 6.45) is 8.61. The number of nitrogens with zero attached hydrogens (tertiary/aromatic N) is 6. The third-order valence-electron chi connectivity index (χ3n) is 8.10. The zero-order valence-corrected chi connectivity index (χ0v) is 21.0. The van der Waals surface area contributed by atoms with Crippen LogP contribution in [0.25, 0.3) is 50.2 Å². The van der Waals surface area contributed by atoms with Crippen LogP contribution in [0.2, 0.25) is 0 Å². The van der Waals surface area contributed by atoms with E-state index in [9.17, 15) is 0 Å². The van der Waals surface area contributed by atoms with E-state index in [1.165, 1.54) is 17.7 Å². The Morgan fingerprint density at radius 3 is 2.71 bits per heavy atom. The van der Waals surface area contributed by atoms with E-state index in [1.54, 1.807) is 12.4 Å². The maximum absolute atomic E-state index is 5.18. The van der Waals surface area contributed by atoms with Gasteiger partial charge in [-0.05, 0) is 60.9 Å². The van der Waals surface area contributed by atoms with Gasteiger partial charge in [-0.2, -0.15) is 10.2 Å². The second kappa shape index (κ2) is 8.22. The summed E-state index contributed by atoms with van der Waals surface area (Å²) in [5, 5.41) is 17.2. The van der Waals surface area contributed by atoms with Gasteiger partial charge in [0.05, 0.1) is 23.0 Å². The number of aryl methyl sites for hydroxylation is 1. The van der Waals surface area contributed by atoms with Gasteiger partial charge in [-0.15, -0.1) is 0 Å². The number of aromatic nitrogens is 6. The minimum atomic E-state index is 0.597. The van der Waals surface area contributed by atoms with Crippen LogP contribution in [-0.4, -0.2) is 55.0 Å². The van der Waals surface area contributed by atoms with E-state index in [2.05, 4.69) is 62.7 Å². The predicted octanol–water partition coefficient (Wildman–Crippen LogP) is 4.86. The molecule has 2 aliphatic heterocycles. The van der Waals surface area contributed by atoms with Gasteiger partial charge in [0.25, 0.3) is 0 Å². The Balaban J connectivity index is 1.33. The Kier molecular flexibility index (Phi) is 4.66. The second-order valence-corrected chi connectivity index (χ2v) is 10.3. The van der Waals surface area contributed by atoms with Crippen LogP contribution >= 0.6 is 0 Å². The molecule has 2 aromatic carbocycles. The third-order valence-corrected chi connectivity index (χ3v) is 8.10. The SMILES string of the molecule is Cc1cc(N2CC3CC2CN3)ccc1-c1ccnc2c(-c3cccc4[nH]ncc34)c(-c3ccncc3)nn12. The standard InChI is InChI=1S/C30H26N8/c1-18-13-21(37-17-20-14-22(37)15-33-20)5-6-23(18)27-9-12-32-30-28(24-3-2-4-26-25(24)16-34-35-26)29(36-38(27)30)19-7-10-31-11-8-19/h2-13,16,20,22,33H,14-15,17H2,1H3,(H,34,35). The molecule has 4 aromatic heterocycles. The number of H-pyrrole nitrogens is 1. The summed E-state index contributed by atoms with van der Waals surface area (Å²) in [5.74, 6) is 0. The van der Waals surface area contributed by atoms with Crippen molar-refractivity contribution in [2.24, 2.45) is 0 Å². The first kappa shape index (κ1) is 21.5. The molecule has 0 aliphatic carbocycles. The van der Waals surface area contributed by atoms with Crippen molar-refractivity contribution < 1.29 is 0 Å². The van der Waals surface area contributed by atoms with E-state index in [1.807, 2.05) is 41.2 Å². The van der Waals surface area contributed by atoms with Crippen molar-refractivity contribution in [1.82, 2.24) is 35.1 Å². The van der Waals surface area contributed by atoms with E-state index >= 15 is 0 Å². The summed E-state index contributed by atoms with van der Waals surface area (Å²) in [7, 11) is 0. The molecule has 2 unspecified atom stereocenters. The van der Waals surface area contributed by atoms with Crippen LogP contribution in [0, 0.1) is 6.92 Å². The monoisotopic (exact) mass is 498 g/mol. The molecule has 0 radical (unpaired) electrons. The third kappa shape index (κ3) is 3.20. The number of nitrogens with one attached hydrogen (secondary N) is 2. The molecule has 2 aliphatic rings. The number of hydrogen-bond donors (Lipinski definition) is 2. The highest BCUT2D eigenvalue weighted by molar-refractivity contribution is 6.02. The van der Waals surface area contributed by atoms with E-state index in [-0.39, 0.29) is 0 Å². The molecule has 2 atom stereocenters. The van der Waals surface area contributed by atoms with Gasteiger partial charge < -0.3 is 10.2 Å². The lowest BCUT2D eigenvalue weighted by atomic mass is 9.99. The van der Waals surface area contributed by atoms with Gasteiger partial charge in [0.2, 0.25) is 0 Å². The zero-order valence-electron chi connectivity index (χ0n) is 21.0. The first-order valence-corrected chi connectivity index (χ1v) is 13.1. The van der Waals surface area contributed by atoms with E-state index in [4.69, 9.17) is 10.1 Å². The van der Waals surface area contributed by atoms with Crippen LogP contribution in [-0.2, 0) is 0 Å². The van der Waals surface area contributed by atoms with Crippen molar-refractivity contribution in [2.75, 3.05) is 18.0 Å². The summed E-state index contributed by atoms with van der Waals surface area (Å²) in [5.41, 5.74) is 10.4. The fraction of sp³-hybridized carbons (Fsp3) is 0.200. The molecule has 2 fully saturated rings. The molecule has 6 aromatic rings. The summed E-state index contributed by atoms with van der Waals surface area (Å²) in [6, 6.07) is 20.3. The van der Waals surface area contributed by atoms with Gasteiger partial charge in [0.1, 0.15) is 5.69 Å². The van der Waals surface area contributed by atoms with Crippen LogP contribution < -0.4 is 10.2 Å². The summed E-state index contributed by atoms with van der Waals surface area (Å²) < 4.78 is 1.99. The van der Waals surface area contributed by atoms with Crippen LogP contribution in [0.4, 0.5) is 5.69 Å². The summed E-state index contributed by atoms with van der Waals surface area (Å²) in [6.45, 7) is 4.35. The quantitative estimate of drug-likeness (QED) is 0.361.